The SMILES string of the molecule is C.C.CC.CC.CC.CC.CC1(C)CCCCC1.CC1(CO)CCCCC1.CC1CCCCC1.CCC1(C)CCCCC1. The van der Waals surface area contributed by atoms with Crippen molar-refractivity contribution in [3.05, 3.63) is 0 Å². The van der Waals surface area contributed by atoms with Crippen molar-refractivity contribution in [2.24, 2.45) is 22.2 Å². The molecule has 1 N–H and O–H groups in total. The minimum absolute atomic E-state index is 0. The number of hydrogen-bond acceptors (Lipinski definition) is 1. The zero-order chi connectivity index (χ0) is 32.6. The molecular formula is C42H96O. The van der Waals surface area contributed by atoms with Crippen LogP contribution in [0.3, 0.4) is 0 Å². The second kappa shape index (κ2) is 38.1. The molecule has 4 fully saturated rings. The van der Waals surface area contributed by atoms with Crippen LogP contribution in [0.4, 0.5) is 0 Å². The molecule has 4 rings (SSSR count). The summed E-state index contributed by atoms with van der Waals surface area (Å²) in [6.45, 7) is 30.5. The summed E-state index contributed by atoms with van der Waals surface area (Å²) < 4.78 is 0. The quantitative estimate of drug-likeness (QED) is 0.327. The van der Waals surface area contributed by atoms with Crippen molar-refractivity contribution in [1.29, 1.82) is 0 Å². The minimum Gasteiger partial charge on any atom is -0.396 e. The van der Waals surface area contributed by atoms with Crippen LogP contribution in [0.2, 0.25) is 0 Å². The molecule has 43 heavy (non-hydrogen) atoms. The third kappa shape index (κ3) is 34.7. The van der Waals surface area contributed by atoms with E-state index >= 15 is 0 Å². The second-order valence-corrected chi connectivity index (χ2v) is 13.7. The summed E-state index contributed by atoms with van der Waals surface area (Å²) in [5, 5.41) is 8.95. The van der Waals surface area contributed by atoms with Gasteiger partial charge in [-0.2, -0.15) is 0 Å². The van der Waals surface area contributed by atoms with Crippen molar-refractivity contribution in [2.75, 3.05) is 6.61 Å². The second-order valence-electron chi connectivity index (χ2n) is 13.7. The number of hydrogen-bond donors (Lipinski definition) is 1. The predicted octanol–water partition coefficient (Wildman–Crippen LogP) is 16.3. The average Bonchev–Trinajstić information content (AvgIpc) is 3.03. The van der Waals surface area contributed by atoms with E-state index in [4.69, 9.17) is 5.11 Å². The molecule has 4 aliphatic carbocycles. The Balaban J connectivity index is -0.0000000971. The van der Waals surface area contributed by atoms with E-state index in [9.17, 15) is 0 Å². The van der Waals surface area contributed by atoms with Gasteiger partial charge >= 0.3 is 0 Å². The summed E-state index contributed by atoms with van der Waals surface area (Å²) in [5.74, 6) is 1.04. The van der Waals surface area contributed by atoms with E-state index in [2.05, 4.69) is 41.5 Å². The van der Waals surface area contributed by atoms with Crippen LogP contribution in [0.15, 0.2) is 0 Å². The maximum atomic E-state index is 8.95. The van der Waals surface area contributed by atoms with Gasteiger partial charge in [-0.25, -0.2) is 0 Å². The number of aliphatic hydroxyl groups excluding tert-OH is 1. The Bertz CT molecular complexity index is 416. The van der Waals surface area contributed by atoms with Gasteiger partial charge in [0.15, 0.2) is 0 Å². The molecule has 0 saturated heterocycles. The maximum absolute atomic E-state index is 8.95. The molecule has 0 atom stereocenters. The molecule has 0 radical (unpaired) electrons. The van der Waals surface area contributed by atoms with Crippen LogP contribution in [-0.4, -0.2) is 11.7 Å². The molecule has 4 aliphatic rings. The fourth-order valence-corrected chi connectivity index (χ4v) is 6.14. The lowest BCUT2D eigenvalue weighted by Crippen LogP contribution is -2.23. The lowest BCUT2D eigenvalue weighted by Gasteiger charge is -2.32. The van der Waals surface area contributed by atoms with Crippen molar-refractivity contribution in [3.63, 3.8) is 0 Å². The van der Waals surface area contributed by atoms with Gasteiger partial charge in [0.25, 0.3) is 0 Å². The van der Waals surface area contributed by atoms with Crippen LogP contribution in [-0.2, 0) is 0 Å². The maximum Gasteiger partial charge on any atom is 0.0484 e. The van der Waals surface area contributed by atoms with E-state index in [1.165, 1.54) is 135 Å². The molecule has 0 bridgehead atoms. The highest BCUT2D eigenvalue weighted by molar-refractivity contribution is 4.77. The van der Waals surface area contributed by atoms with Crippen molar-refractivity contribution < 1.29 is 5.11 Å². The van der Waals surface area contributed by atoms with E-state index in [0.717, 1.165) is 11.3 Å². The van der Waals surface area contributed by atoms with E-state index in [-0.39, 0.29) is 20.3 Å². The van der Waals surface area contributed by atoms with E-state index in [1.807, 2.05) is 55.4 Å². The Morgan fingerprint density at radius 1 is 0.465 bits per heavy atom. The molecule has 1 nitrogen and oxygen atoms in total. The highest BCUT2D eigenvalue weighted by atomic mass is 16.3. The van der Waals surface area contributed by atoms with Crippen molar-refractivity contribution in [3.8, 4) is 0 Å². The molecule has 0 unspecified atom stereocenters. The molecule has 1 heteroatoms. The van der Waals surface area contributed by atoms with Gasteiger partial charge in [0.05, 0.1) is 0 Å². The third-order valence-corrected chi connectivity index (χ3v) is 9.46. The topological polar surface area (TPSA) is 20.2 Å². The Hall–Kier alpha value is -0.0400. The lowest BCUT2D eigenvalue weighted by atomic mass is 9.74. The highest BCUT2D eigenvalue weighted by Crippen LogP contribution is 2.38. The fourth-order valence-electron chi connectivity index (χ4n) is 6.14. The van der Waals surface area contributed by atoms with Gasteiger partial charge in [-0.15, -0.1) is 0 Å². The molecule has 0 aliphatic heterocycles. The summed E-state index contributed by atoms with van der Waals surface area (Å²) in [5.41, 5.74) is 1.68. The summed E-state index contributed by atoms with van der Waals surface area (Å²) in [7, 11) is 0. The van der Waals surface area contributed by atoms with Gasteiger partial charge in [0, 0.05) is 6.61 Å². The largest absolute Gasteiger partial charge is 0.396 e. The van der Waals surface area contributed by atoms with Gasteiger partial charge in [-0.05, 0) is 60.7 Å². The Labute approximate surface area is 280 Å². The predicted molar refractivity (Wildman–Crippen MR) is 208 cm³/mol. The highest BCUT2D eigenvalue weighted by Gasteiger charge is 2.25. The summed E-state index contributed by atoms with van der Waals surface area (Å²) in [6.07, 6.45) is 30.0. The minimum atomic E-state index is 0. The smallest absolute Gasteiger partial charge is 0.0484 e. The summed E-state index contributed by atoms with van der Waals surface area (Å²) in [4.78, 5) is 0. The summed E-state index contributed by atoms with van der Waals surface area (Å²) in [6, 6.07) is 0. The van der Waals surface area contributed by atoms with E-state index in [1.54, 1.807) is 0 Å². The summed E-state index contributed by atoms with van der Waals surface area (Å²) >= 11 is 0. The fraction of sp³-hybridized carbons (Fsp3) is 1.00. The van der Waals surface area contributed by atoms with Crippen molar-refractivity contribution >= 4 is 0 Å². The number of rotatable bonds is 2. The van der Waals surface area contributed by atoms with Gasteiger partial charge in [-0.3, -0.25) is 0 Å². The molecular weight excluding hydrogens is 520 g/mol. The van der Waals surface area contributed by atoms with Crippen LogP contribution < -0.4 is 0 Å². The average molecular weight is 617 g/mol. The van der Waals surface area contributed by atoms with Gasteiger partial charge in [0.2, 0.25) is 0 Å². The van der Waals surface area contributed by atoms with Crippen LogP contribution >= 0.6 is 0 Å². The van der Waals surface area contributed by atoms with Crippen LogP contribution in [0, 0.1) is 22.2 Å². The standard InChI is InChI=1S/C9H18.C8H16O.C8H16.C7H14.4C2H6.2CH4/c1-3-9(2)7-5-4-6-8-9;1-8(7-9)5-3-2-4-6-8;1-8(2)6-4-3-5-7-8;1-7-5-3-2-4-6-7;4*1-2;;/h3-8H2,1-2H3;9H,2-7H2,1H3;3-7H2,1-2H3;7H,2-6H2,1H3;4*1-2H3;2*1H4. The van der Waals surface area contributed by atoms with Gasteiger partial charge in [0.1, 0.15) is 0 Å². The molecule has 270 valence electrons. The van der Waals surface area contributed by atoms with Crippen molar-refractivity contribution in [2.45, 2.75) is 247 Å². The monoisotopic (exact) mass is 617 g/mol. The molecule has 0 amide bonds. The lowest BCUT2D eigenvalue weighted by molar-refractivity contribution is 0.100. The number of aliphatic hydroxyl groups is 1. The third-order valence-electron chi connectivity index (χ3n) is 9.46. The molecule has 0 aromatic carbocycles. The van der Waals surface area contributed by atoms with E-state index in [0.29, 0.717) is 12.0 Å². The van der Waals surface area contributed by atoms with Crippen LogP contribution in [0.25, 0.3) is 0 Å². The first kappa shape index (κ1) is 55.4. The first-order valence-electron chi connectivity index (χ1n) is 19.2. The first-order chi connectivity index (χ1) is 19.6. The van der Waals surface area contributed by atoms with Crippen LogP contribution in [0.5, 0.6) is 0 Å². The Morgan fingerprint density at radius 2 is 0.744 bits per heavy atom. The molecule has 0 spiro atoms. The normalized spacial score (nSPS) is 20.7. The first-order valence-corrected chi connectivity index (χ1v) is 19.2. The Kier molecular flexibility index (Phi) is 49.1. The zero-order valence-electron chi connectivity index (χ0n) is 32.1. The molecule has 0 aromatic rings. The van der Waals surface area contributed by atoms with Crippen molar-refractivity contribution in [1.82, 2.24) is 0 Å². The zero-order valence-corrected chi connectivity index (χ0v) is 32.1. The van der Waals surface area contributed by atoms with Crippen LogP contribution in [0.1, 0.15) is 247 Å². The van der Waals surface area contributed by atoms with E-state index < -0.39 is 0 Å². The molecule has 0 aromatic heterocycles. The molecule has 4 saturated carbocycles. The van der Waals surface area contributed by atoms with Gasteiger partial charge < -0.3 is 5.11 Å². The van der Waals surface area contributed by atoms with Gasteiger partial charge in [-0.1, -0.05) is 208 Å². The Morgan fingerprint density at radius 3 is 0.907 bits per heavy atom. The molecule has 0 heterocycles.